The van der Waals surface area contributed by atoms with E-state index in [-0.39, 0.29) is 5.92 Å². The smallest absolute Gasteiger partial charge is 0.160 e. The molecule has 0 saturated heterocycles. The maximum atomic E-state index is 5.44. The summed E-state index contributed by atoms with van der Waals surface area (Å²) in [7, 11) is 0. The average molecular weight is 893 g/mol. The fraction of sp³-hybridized carbons (Fsp3) is 0.0303. The second-order valence-corrected chi connectivity index (χ2v) is 18.5. The van der Waals surface area contributed by atoms with Crippen molar-refractivity contribution in [3.63, 3.8) is 0 Å². The highest BCUT2D eigenvalue weighted by Gasteiger charge is 2.32. The minimum absolute atomic E-state index is 0.235. The molecule has 0 amide bonds. The third-order valence-corrected chi connectivity index (χ3v) is 14.5. The van der Waals surface area contributed by atoms with Crippen LogP contribution in [0, 0.1) is 0 Å². The van der Waals surface area contributed by atoms with Crippen molar-refractivity contribution in [2.45, 2.75) is 12.3 Å². The zero-order chi connectivity index (χ0) is 46.1. The number of para-hydroxylation sites is 2. The third-order valence-electron chi connectivity index (χ3n) is 14.5. The molecule has 70 heavy (non-hydrogen) atoms. The summed E-state index contributed by atoms with van der Waals surface area (Å²) >= 11 is 0. The van der Waals surface area contributed by atoms with Gasteiger partial charge in [0.2, 0.25) is 0 Å². The van der Waals surface area contributed by atoms with E-state index in [1.807, 2.05) is 0 Å². The van der Waals surface area contributed by atoms with Crippen molar-refractivity contribution in [3.05, 3.63) is 266 Å². The van der Waals surface area contributed by atoms with E-state index in [9.17, 15) is 0 Å². The Morgan fingerprint density at radius 2 is 0.929 bits per heavy atom. The molecular weight excluding hydrogens is 849 g/mol. The first-order valence-corrected chi connectivity index (χ1v) is 24.2. The Labute approximate surface area is 406 Å². The topological polar surface area (TPSA) is 35.6 Å². The normalized spacial score (nSPS) is 13.2. The Bertz CT molecular complexity index is 4100. The number of benzene rings is 10. The molecule has 0 aliphatic heterocycles. The number of hydrogen-bond acceptors (Lipinski definition) is 2. The summed E-state index contributed by atoms with van der Waals surface area (Å²) in [6.45, 7) is 0. The summed E-state index contributed by atoms with van der Waals surface area (Å²) in [5.41, 5.74) is 20.9. The highest BCUT2D eigenvalue weighted by atomic mass is 15.0. The molecule has 1 aliphatic rings. The Kier molecular flexibility index (Phi) is 9.31. The first kappa shape index (κ1) is 40.0. The lowest BCUT2D eigenvalue weighted by atomic mass is 9.77. The molecule has 13 aromatic rings. The largest absolute Gasteiger partial charge is 0.313 e. The van der Waals surface area contributed by atoms with Gasteiger partial charge in [-0.2, -0.15) is 0 Å². The zero-order valence-electron chi connectivity index (χ0n) is 38.2. The Hall–Kier alpha value is -9.12. The van der Waals surface area contributed by atoms with E-state index in [0.717, 1.165) is 62.0 Å². The standard InChI is InChI=1S/C66H44N4/c1-5-17-43(18-6-1)45-29-33-48(34-30-45)65-57-39-51(37-38-59(57)67-66(68-65)49-35-31-46(32-36-49)44-19-7-2-8-20-44)70-60-28-16-15-26-53(60)56-40-58-62(42-61(56)70)69(50-23-11-4-12-24-50)63-41-55(47-21-9-3-10-22-47)52-25-13-14-27-54(52)64(58)63/h1-40,42,55H,41H2. The van der Waals surface area contributed by atoms with Crippen LogP contribution in [0.2, 0.25) is 0 Å². The molecule has 14 rings (SSSR count). The summed E-state index contributed by atoms with van der Waals surface area (Å²) < 4.78 is 4.99. The first-order chi connectivity index (χ1) is 34.7. The van der Waals surface area contributed by atoms with Crippen molar-refractivity contribution in [2.24, 2.45) is 0 Å². The molecule has 4 heteroatoms. The molecule has 0 radical (unpaired) electrons. The third kappa shape index (κ3) is 6.52. The molecular formula is C66H44N4. The van der Waals surface area contributed by atoms with Gasteiger partial charge in [0.25, 0.3) is 0 Å². The summed E-state index contributed by atoms with van der Waals surface area (Å²) in [6.07, 6.45) is 0.893. The minimum atomic E-state index is 0.235. The predicted molar refractivity (Wildman–Crippen MR) is 290 cm³/mol. The number of nitrogens with zero attached hydrogens (tertiary/aromatic N) is 4. The molecule has 3 aromatic heterocycles. The molecule has 10 aromatic carbocycles. The van der Waals surface area contributed by atoms with Gasteiger partial charge in [-0.15, -0.1) is 0 Å². The molecule has 4 nitrogen and oxygen atoms in total. The van der Waals surface area contributed by atoms with E-state index < -0.39 is 0 Å². The van der Waals surface area contributed by atoms with Gasteiger partial charge < -0.3 is 9.13 Å². The number of rotatable bonds is 7. The van der Waals surface area contributed by atoms with Crippen LogP contribution in [0.4, 0.5) is 0 Å². The van der Waals surface area contributed by atoms with Crippen molar-refractivity contribution >= 4 is 43.6 Å². The van der Waals surface area contributed by atoms with Crippen molar-refractivity contribution in [3.8, 4) is 67.4 Å². The second-order valence-electron chi connectivity index (χ2n) is 18.5. The quantitative estimate of drug-likeness (QED) is 0.160. The van der Waals surface area contributed by atoms with Gasteiger partial charge >= 0.3 is 0 Å². The maximum absolute atomic E-state index is 5.44. The highest BCUT2D eigenvalue weighted by Crippen LogP contribution is 2.50. The summed E-state index contributed by atoms with van der Waals surface area (Å²) in [5.74, 6) is 0.932. The van der Waals surface area contributed by atoms with Crippen LogP contribution in [0.1, 0.15) is 22.7 Å². The van der Waals surface area contributed by atoms with Crippen LogP contribution in [0.25, 0.3) is 111 Å². The second kappa shape index (κ2) is 16.3. The van der Waals surface area contributed by atoms with E-state index in [1.165, 1.54) is 66.4 Å². The Morgan fingerprint density at radius 1 is 0.357 bits per heavy atom. The van der Waals surface area contributed by atoms with Gasteiger partial charge in [0.1, 0.15) is 0 Å². The van der Waals surface area contributed by atoms with Gasteiger partial charge in [0, 0.05) is 61.2 Å². The van der Waals surface area contributed by atoms with Crippen LogP contribution in [0.3, 0.4) is 0 Å². The lowest BCUT2D eigenvalue weighted by Gasteiger charge is -2.28. The van der Waals surface area contributed by atoms with Crippen molar-refractivity contribution in [1.82, 2.24) is 19.1 Å². The zero-order valence-corrected chi connectivity index (χ0v) is 38.2. The molecule has 0 spiro atoms. The lowest BCUT2D eigenvalue weighted by molar-refractivity contribution is 0.758. The minimum Gasteiger partial charge on any atom is -0.313 e. The van der Waals surface area contributed by atoms with Gasteiger partial charge in [-0.05, 0) is 93.9 Å². The van der Waals surface area contributed by atoms with Crippen molar-refractivity contribution < 1.29 is 0 Å². The van der Waals surface area contributed by atoms with Crippen LogP contribution >= 0.6 is 0 Å². The summed E-state index contributed by atoms with van der Waals surface area (Å²) in [5, 5.41) is 4.70. The summed E-state index contributed by atoms with van der Waals surface area (Å²) in [6, 6.07) is 90.0. The predicted octanol–water partition coefficient (Wildman–Crippen LogP) is 16.7. The van der Waals surface area contributed by atoms with Gasteiger partial charge in [-0.25, -0.2) is 9.97 Å². The van der Waals surface area contributed by atoms with E-state index in [4.69, 9.17) is 9.97 Å². The molecule has 1 unspecified atom stereocenters. The van der Waals surface area contributed by atoms with Crippen molar-refractivity contribution in [1.29, 1.82) is 0 Å². The number of fused-ring (bicyclic) bond motifs is 9. The van der Waals surface area contributed by atoms with Crippen LogP contribution in [-0.4, -0.2) is 19.1 Å². The van der Waals surface area contributed by atoms with Crippen molar-refractivity contribution in [2.75, 3.05) is 0 Å². The van der Waals surface area contributed by atoms with Gasteiger partial charge in [0.15, 0.2) is 5.82 Å². The van der Waals surface area contributed by atoms with Crippen LogP contribution in [0.5, 0.6) is 0 Å². The Balaban J connectivity index is 0.988. The van der Waals surface area contributed by atoms with Crippen LogP contribution in [0.15, 0.2) is 249 Å². The van der Waals surface area contributed by atoms with Crippen LogP contribution < -0.4 is 0 Å². The SMILES string of the molecule is c1ccc(-c2ccc(-c3nc(-c4ccc(-c5ccccc5)cc4)c4cc(-n5c6ccccc6c6cc7c8c(n(-c9ccccc9)c7cc65)CC(c5ccccc5)c5ccccc5-8)ccc4n3)cc2)cc1. The number of hydrogen-bond donors (Lipinski definition) is 0. The molecule has 0 saturated carbocycles. The fourth-order valence-electron chi connectivity index (χ4n) is 11.3. The molecule has 0 fully saturated rings. The molecule has 0 N–H and O–H groups in total. The molecule has 3 heterocycles. The van der Waals surface area contributed by atoms with Gasteiger partial charge in [-0.3, -0.25) is 0 Å². The fourth-order valence-corrected chi connectivity index (χ4v) is 11.3. The first-order valence-electron chi connectivity index (χ1n) is 24.2. The van der Waals surface area contributed by atoms with E-state index in [0.29, 0.717) is 5.82 Å². The molecule has 1 atom stereocenters. The molecule has 328 valence electrons. The monoisotopic (exact) mass is 892 g/mol. The van der Waals surface area contributed by atoms with E-state index in [1.54, 1.807) is 0 Å². The molecule has 0 bridgehead atoms. The van der Waals surface area contributed by atoms with Crippen LogP contribution in [-0.2, 0) is 6.42 Å². The van der Waals surface area contributed by atoms with Gasteiger partial charge in [-0.1, -0.05) is 200 Å². The maximum Gasteiger partial charge on any atom is 0.160 e. The summed E-state index contributed by atoms with van der Waals surface area (Å²) in [4.78, 5) is 10.7. The highest BCUT2D eigenvalue weighted by molar-refractivity contribution is 6.16. The van der Waals surface area contributed by atoms with E-state index in [2.05, 4.69) is 258 Å². The number of aromatic nitrogens is 4. The Morgan fingerprint density at radius 3 is 1.64 bits per heavy atom. The average Bonchev–Trinajstić information content (AvgIpc) is 3.94. The lowest BCUT2D eigenvalue weighted by Crippen LogP contribution is -2.15. The molecule has 1 aliphatic carbocycles. The van der Waals surface area contributed by atoms with Gasteiger partial charge in [0.05, 0.1) is 27.8 Å². The van der Waals surface area contributed by atoms with E-state index >= 15 is 0 Å².